The fourth-order valence-electron chi connectivity index (χ4n) is 4.20. The standard InChI is InChI=1S/C19H26N4O3/c24-18(15-13-20-21-17(15)14-5-2-1-3-6-14)23-8-4-7-16(23)19(25)22-9-11-26-12-10-22/h1-3,5-6,15-17,20-21H,4,7-13H2/t15?,16-,17?/m0/s1. The van der Waals surface area contributed by atoms with Crippen molar-refractivity contribution in [2.75, 3.05) is 39.4 Å². The predicted octanol–water partition coefficient (Wildman–Crippen LogP) is 0.302. The summed E-state index contributed by atoms with van der Waals surface area (Å²) in [5.41, 5.74) is 7.44. The first-order valence-corrected chi connectivity index (χ1v) is 9.46. The summed E-state index contributed by atoms with van der Waals surface area (Å²) < 4.78 is 5.34. The summed E-state index contributed by atoms with van der Waals surface area (Å²) in [4.78, 5) is 29.9. The second-order valence-electron chi connectivity index (χ2n) is 7.15. The molecule has 0 aliphatic carbocycles. The van der Waals surface area contributed by atoms with E-state index in [1.807, 2.05) is 40.1 Å². The maximum Gasteiger partial charge on any atom is 0.245 e. The molecular weight excluding hydrogens is 332 g/mol. The van der Waals surface area contributed by atoms with Gasteiger partial charge in [-0.2, -0.15) is 0 Å². The lowest BCUT2D eigenvalue weighted by Gasteiger charge is -2.34. The molecule has 3 aliphatic heterocycles. The molecule has 3 fully saturated rings. The molecule has 3 aliphatic rings. The number of likely N-dealkylation sites (tertiary alicyclic amines) is 1. The lowest BCUT2D eigenvalue weighted by atomic mass is 9.93. The van der Waals surface area contributed by atoms with Gasteiger partial charge >= 0.3 is 0 Å². The zero-order valence-electron chi connectivity index (χ0n) is 14.9. The van der Waals surface area contributed by atoms with Gasteiger partial charge in [-0.15, -0.1) is 0 Å². The van der Waals surface area contributed by atoms with Crippen molar-refractivity contribution in [1.29, 1.82) is 0 Å². The summed E-state index contributed by atoms with van der Waals surface area (Å²) in [5.74, 6) is -0.0507. The van der Waals surface area contributed by atoms with Crippen LogP contribution in [0.25, 0.3) is 0 Å². The predicted molar refractivity (Wildman–Crippen MR) is 95.9 cm³/mol. The van der Waals surface area contributed by atoms with E-state index in [2.05, 4.69) is 10.9 Å². The first-order valence-electron chi connectivity index (χ1n) is 9.46. The van der Waals surface area contributed by atoms with Gasteiger partial charge in [0.05, 0.1) is 25.2 Å². The van der Waals surface area contributed by atoms with E-state index in [0.29, 0.717) is 39.4 Å². The van der Waals surface area contributed by atoms with Crippen LogP contribution < -0.4 is 10.9 Å². The Morgan fingerprint density at radius 1 is 1.04 bits per heavy atom. The average Bonchev–Trinajstić information content (AvgIpc) is 3.38. The maximum absolute atomic E-state index is 13.3. The highest BCUT2D eigenvalue weighted by molar-refractivity contribution is 5.89. The minimum atomic E-state index is -0.322. The highest BCUT2D eigenvalue weighted by atomic mass is 16.5. The van der Waals surface area contributed by atoms with Crippen LogP contribution in [0.15, 0.2) is 30.3 Å². The molecule has 2 amide bonds. The fourth-order valence-corrected chi connectivity index (χ4v) is 4.20. The molecule has 3 heterocycles. The van der Waals surface area contributed by atoms with E-state index < -0.39 is 0 Å². The van der Waals surface area contributed by atoms with E-state index in [-0.39, 0.29) is 29.8 Å². The van der Waals surface area contributed by atoms with Crippen molar-refractivity contribution in [3.8, 4) is 0 Å². The number of carbonyl (C=O) groups is 2. The van der Waals surface area contributed by atoms with Gasteiger partial charge in [-0.25, -0.2) is 5.43 Å². The number of hydrogen-bond donors (Lipinski definition) is 2. The van der Waals surface area contributed by atoms with Crippen molar-refractivity contribution < 1.29 is 14.3 Å². The molecule has 140 valence electrons. The minimum Gasteiger partial charge on any atom is -0.378 e. The molecule has 4 rings (SSSR count). The van der Waals surface area contributed by atoms with E-state index in [9.17, 15) is 9.59 Å². The van der Waals surface area contributed by atoms with E-state index in [1.165, 1.54) is 0 Å². The van der Waals surface area contributed by atoms with Crippen LogP contribution in [-0.4, -0.2) is 67.0 Å². The van der Waals surface area contributed by atoms with Gasteiger partial charge < -0.3 is 14.5 Å². The third-order valence-electron chi connectivity index (χ3n) is 5.60. The molecule has 7 heteroatoms. The van der Waals surface area contributed by atoms with Crippen LogP contribution in [0.2, 0.25) is 0 Å². The quantitative estimate of drug-likeness (QED) is 0.813. The Hall–Kier alpha value is -1.96. The smallest absolute Gasteiger partial charge is 0.245 e. The number of nitrogens with zero attached hydrogens (tertiary/aromatic N) is 2. The number of morpholine rings is 1. The zero-order chi connectivity index (χ0) is 17.9. The molecule has 3 atom stereocenters. The Morgan fingerprint density at radius 2 is 1.81 bits per heavy atom. The summed E-state index contributed by atoms with van der Waals surface area (Å²) in [6.07, 6.45) is 1.64. The Bertz CT molecular complexity index is 647. The maximum atomic E-state index is 13.3. The van der Waals surface area contributed by atoms with Crippen LogP contribution in [0.5, 0.6) is 0 Å². The molecule has 0 saturated carbocycles. The average molecular weight is 358 g/mol. The Kier molecular flexibility index (Phi) is 5.19. The Labute approximate surface area is 153 Å². The lowest BCUT2D eigenvalue weighted by Crippen LogP contribution is -2.52. The van der Waals surface area contributed by atoms with Crippen molar-refractivity contribution >= 4 is 11.8 Å². The molecule has 26 heavy (non-hydrogen) atoms. The third-order valence-corrected chi connectivity index (χ3v) is 5.60. The minimum absolute atomic E-state index is 0.0663. The highest BCUT2D eigenvalue weighted by Gasteiger charge is 2.43. The van der Waals surface area contributed by atoms with Gasteiger partial charge in [0.2, 0.25) is 11.8 Å². The van der Waals surface area contributed by atoms with Crippen LogP contribution >= 0.6 is 0 Å². The van der Waals surface area contributed by atoms with Crippen molar-refractivity contribution in [3.63, 3.8) is 0 Å². The number of carbonyl (C=O) groups excluding carboxylic acids is 2. The van der Waals surface area contributed by atoms with E-state index in [0.717, 1.165) is 18.4 Å². The normalized spacial score (nSPS) is 29.2. The molecule has 1 aromatic rings. The summed E-state index contributed by atoms with van der Waals surface area (Å²) >= 11 is 0. The van der Waals surface area contributed by atoms with Crippen molar-refractivity contribution in [2.45, 2.75) is 24.9 Å². The lowest BCUT2D eigenvalue weighted by molar-refractivity contribution is -0.148. The molecule has 2 unspecified atom stereocenters. The Balaban J connectivity index is 1.48. The van der Waals surface area contributed by atoms with Gasteiger partial charge in [0.1, 0.15) is 6.04 Å². The van der Waals surface area contributed by atoms with E-state index >= 15 is 0 Å². The zero-order valence-corrected chi connectivity index (χ0v) is 14.9. The SMILES string of the molecule is O=C([C@@H]1CCCN1C(=O)C1CNNC1c1ccccc1)N1CCOCC1. The van der Waals surface area contributed by atoms with Gasteiger partial charge in [-0.3, -0.25) is 15.0 Å². The molecule has 0 aromatic heterocycles. The second-order valence-corrected chi connectivity index (χ2v) is 7.15. The fraction of sp³-hybridized carbons (Fsp3) is 0.579. The summed E-state index contributed by atoms with van der Waals surface area (Å²) in [6.45, 7) is 3.65. The van der Waals surface area contributed by atoms with E-state index in [1.54, 1.807) is 0 Å². The number of benzene rings is 1. The Morgan fingerprint density at radius 3 is 2.58 bits per heavy atom. The summed E-state index contributed by atoms with van der Waals surface area (Å²) in [6, 6.07) is 9.62. The van der Waals surface area contributed by atoms with Gasteiger partial charge in [0.15, 0.2) is 0 Å². The van der Waals surface area contributed by atoms with Crippen LogP contribution in [0, 0.1) is 5.92 Å². The largest absolute Gasteiger partial charge is 0.378 e. The number of hydrazine groups is 1. The molecule has 7 nitrogen and oxygen atoms in total. The van der Waals surface area contributed by atoms with Gasteiger partial charge in [0.25, 0.3) is 0 Å². The van der Waals surface area contributed by atoms with Crippen molar-refractivity contribution in [3.05, 3.63) is 35.9 Å². The highest BCUT2D eigenvalue weighted by Crippen LogP contribution is 2.30. The van der Waals surface area contributed by atoms with Crippen LogP contribution in [-0.2, 0) is 14.3 Å². The summed E-state index contributed by atoms with van der Waals surface area (Å²) in [5, 5.41) is 0. The number of rotatable bonds is 3. The molecule has 1 aromatic carbocycles. The molecule has 3 saturated heterocycles. The van der Waals surface area contributed by atoms with E-state index in [4.69, 9.17) is 4.74 Å². The van der Waals surface area contributed by atoms with Gasteiger partial charge in [-0.1, -0.05) is 30.3 Å². The number of nitrogens with one attached hydrogen (secondary N) is 2. The van der Waals surface area contributed by atoms with Crippen molar-refractivity contribution in [2.24, 2.45) is 5.92 Å². The molecular formula is C19H26N4O3. The van der Waals surface area contributed by atoms with Crippen LogP contribution in [0.1, 0.15) is 24.4 Å². The van der Waals surface area contributed by atoms with Crippen molar-refractivity contribution in [1.82, 2.24) is 20.7 Å². The monoisotopic (exact) mass is 358 g/mol. The number of amides is 2. The van der Waals surface area contributed by atoms with Gasteiger partial charge in [0, 0.05) is 26.2 Å². The van der Waals surface area contributed by atoms with Gasteiger partial charge in [-0.05, 0) is 18.4 Å². The topological polar surface area (TPSA) is 73.9 Å². The second kappa shape index (κ2) is 7.73. The molecule has 0 bridgehead atoms. The summed E-state index contributed by atoms with van der Waals surface area (Å²) in [7, 11) is 0. The first kappa shape index (κ1) is 17.5. The first-order chi connectivity index (χ1) is 12.8. The third kappa shape index (κ3) is 3.34. The van der Waals surface area contributed by atoms with Crippen LogP contribution in [0.4, 0.5) is 0 Å². The number of hydrogen-bond acceptors (Lipinski definition) is 5. The molecule has 2 N–H and O–H groups in total. The van der Waals surface area contributed by atoms with Crippen LogP contribution in [0.3, 0.4) is 0 Å². The molecule has 0 spiro atoms. The molecule has 0 radical (unpaired) electrons. The number of ether oxygens (including phenoxy) is 1.